The molecule has 2 amide bonds. The summed E-state index contributed by atoms with van der Waals surface area (Å²) in [7, 11) is -18.8. The van der Waals surface area contributed by atoms with Gasteiger partial charge in [-0.15, -0.1) is 6.08 Å². The summed E-state index contributed by atoms with van der Waals surface area (Å²) in [6.07, 6.45) is 6.39. The maximum absolute atomic E-state index is 14.6. The van der Waals surface area contributed by atoms with Gasteiger partial charge in [0.05, 0.1) is 28.7 Å². The topological polar surface area (TPSA) is 340 Å². The molecule has 0 spiro atoms. The number of benzene rings is 2. The number of hydrogen-bond donors (Lipinski definition) is 6. The quantitative estimate of drug-likeness (QED) is 0.0220. The van der Waals surface area contributed by atoms with E-state index in [2.05, 4.69) is 46.2 Å². The van der Waals surface area contributed by atoms with Gasteiger partial charge in [0.2, 0.25) is 17.9 Å². The zero-order valence-electron chi connectivity index (χ0n) is 28.4. The molecule has 22 nitrogen and oxygen atoms in total. The van der Waals surface area contributed by atoms with Crippen molar-refractivity contribution in [3.05, 3.63) is 84.7 Å². The molecule has 1 heterocycles. The fourth-order valence-corrected chi connectivity index (χ4v) is 6.65. The minimum absolute atomic E-state index is 0. The first-order valence-corrected chi connectivity index (χ1v) is 20.4. The van der Waals surface area contributed by atoms with Crippen LogP contribution in [-0.2, 0) is 44.7 Å². The number of urea groups is 1. The van der Waals surface area contributed by atoms with Gasteiger partial charge in [0, 0.05) is 12.2 Å². The molecule has 0 unspecified atom stereocenters. The van der Waals surface area contributed by atoms with Crippen LogP contribution < -0.4 is 72.7 Å². The van der Waals surface area contributed by atoms with Gasteiger partial charge in [-0.25, -0.2) is 12.6 Å². The van der Waals surface area contributed by atoms with E-state index in [1.54, 1.807) is 6.92 Å². The number of azo groups is 1. The first-order valence-electron chi connectivity index (χ1n) is 14.5. The van der Waals surface area contributed by atoms with Crippen LogP contribution >= 0.6 is 0 Å². The number of amides is 2. The number of hydrogen-bond acceptors (Lipinski definition) is 17. The second-order valence-electron chi connectivity index (χ2n) is 9.99. The number of nitrogens with one attached hydrogen (secondary N) is 2. The standard InChI is InChI=1S/C27H29FN9O13S4.K/c1-2-37(19-6-8-20(9-7-19)52(41,42)43)27-34-24(28)33-26(35-27)32-18(12-14-30-25(29)38)5-3-4-13-31-36-22-11-10-21(17-23(22)53(44,45)46)51(39,40)16-15-50-54(47,48)49;/h3-12,17H,2,13,15-16H2,1H3,(H3,29,30,38)(H,41,42,43)(H,44,45,46)(H,47,48,49)(H,32,33,34,35);/q-1;+1/b4-3-,18-5+,36-31?;. The molecule has 0 fully saturated rings. The third kappa shape index (κ3) is 15.8. The average Bonchev–Trinajstić information content (AvgIpc) is 3.05. The molecule has 0 radical (unpaired) electrons. The Bertz CT molecular complexity index is 2430. The minimum Gasteiger partial charge on any atom is -0.422 e. The molecule has 292 valence electrons. The number of primary amides is 1. The first kappa shape index (κ1) is 47.5. The molecule has 0 aliphatic carbocycles. The van der Waals surface area contributed by atoms with E-state index < -0.39 is 80.4 Å². The molecule has 2 aromatic carbocycles. The summed E-state index contributed by atoms with van der Waals surface area (Å²) in [6.45, 7) is 0.627. The van der Waals surface area contributed by atoms with E-state index in [0.717, 1.165) is 30.3 Å². The van der Waals surface area contributed by atoms with Gasteiger partial charge in [0.25, 0.3) is 20.2 Å². The number of anilines is 3. The fourth-order valence-electron chi connectivity index (χ4n) is 3.93. The van der Waals surface area contributed by atoms with Crippen molar-refractivity contribution in [3.8, 4) is 0 Å². The van der Waals surface area contributed by atoms with Crippen LogP contribution in [0.4, 0.5) is 32.5 Å². The summed E-state index contributed by atoms with van der Waals surface area (Å²) in [5.74, 6) is -1.52. The summed E-state index contributed by atoms with van der Waals surface area (Å²) in [6, 6.07) is 6.35. The molecule has 7 N–H and O–H groups in total. The fraction of sp³-hybridized carbons (Fsp3) is 0.185. The van der Waals surface area contributed by atoms with Gasteiger partial charge in [-0.05, 0) is 49.4 Å². The van der Waals surface area contributed by atoms with Crippen molar-refractivity contribution in [2.45, 2.75) is 21.6 Å². The monoisotopic (exact) mass is 873 g/mol. The zero-order chi connectivity index (χ0) is 40.3. The number of sulfone groups is 1. The van der Waals surface area contributed by atoms with Crippen LogP contribution in [0, 0.1) is 12.3 Å². The molecular formula is C27H29FKN9O13S4. The van der Waals surface area contributed by atoms with Crippen LogP contribution in [0.5, 0.6) is 0 Å². The van der Waals surface area contributed by atoms with Crippen molar-refractivity contribution in [3.63, 3.8) is 0 Å². The molecule has 0 atom stereocenters. The Labute approximate surface area is 356 Å². The summed E-state index contributed by atoms with van der Waals surface area (Å²) >= 11 is 0. The van der Waals surface area contributed by atoms with Gasteiger partial charge in [0.15, 0.2) is 9.84 Å². The van der Waals surface area contributed by atoms with Crippen LogP contribution in [0.3, 0.4) is 0 Å². The van der Waals surface area contributed by atoms with E-state index in [1.807, 2.05) is 0 Å². The summed E-state index contributed by atoms with van der Waals surface area (Å²) in [4.78, 5) is 22.0. The van der Waals surface area contributed by atoms with E-state index >= 15 is 0 Å². The van der Waals surface area contributed by atoms with Crippen molar-refractivity contribution in [1.82, 2.24) is 20.3 Å². The summed E-state index contributed by atoms with van der Waals surface area (Å²) in [5, 5.41) is 12.2. The predicted octanol–water partition coefficient (Wildman–Crippen LogP) is -1.12. The molecule has 1 aromatic heterocycles. The smallest absolute Gasteiger partial charge is 0.422 e. The SMILES string of the molecule is CCN(c1ccc(S(=O)(=O)O)cc1)c1nc(F)nc(N/C(C=[C-]NC(N)=O)=C/C=C\CN=Nc2ccc(S(=O)(=O)CCOS(=O)(=O)O)cc2S(=O)(=O)O)n1.[K+]. The van der Waals surface area contributed by atoms with Crippen molar-refractivity contribution in [1.29, 1.82) is 0 Å². The molecule has 3 rings (SSSR count). The molecule has 0 aliphatic rings. The molecule has 0 bridgehead atoms. The van der Waals surface area contributed by atoms with Gasteiger partial charge >= 0.3 is 67.9 Å². The maximum Gasteiger partial charge on any atom is 1.00 e. The molecule has 55 heavy (non-hydrogen) atoms. The normalized spacial score (nSPS) is 12.9. The first-order chi connectivity index (χ1) is 25.1. The van der Waals surface area contributed by atoms with Crippen LogP contribution in [0.2, 0.25) is 0 Å². The van der Waals surface area contributed by atoms with Gasteiger partial charge in [-0.3, -0.25) is 13.7 Å². The Morgan fingerprint density at radius 1 is 0.982 bits per heavy atom. The van der Waals surface area contributed by atoms with E-state index in [-0.39, 0.29) is 87.0 Å². The third-order valence-corrected chi connectivity index (χ3v) is 10.1. The van der Waals surface area contributed by atoms with E-state index in [9.17, 15) is 52.0 Å². The van der Waals surface area contributed by atoms with Gasteiger partial charge in [-0.1, -0.05) is 30.1 Å². The molecule has 0 saturated carbocycles. The zero-order valence-corrected chi connectivity index (χ0v) is 34.8. The number of carbonyl (C=O) groups excluding carboxylic acids is 1. The second-order valence-corrected chi connectivity index (χ2v) is 16.0. The van der Waals surface area contributed by atoms with Crippen molar-refractivity contribution in [2.24, 2.45) is 16.0 Å². The Hall–Kier alpha value is -3.65. The van der Waals surface area contributed by atoms with Crippen molar-refractivity contribution < 1.29 is 112 Å². The Balaban J connectivity index is 0.0000105. The third-order valence-electron chi connectivity index (χ3n) is 6.21. The van der Waals surface area contributed by atoms with Gasteiger partial charge in [-0.2, -0.15) is 54.8 Å². The molecule has 0 saturated heterocycles. The average molecular weight is 874 g/mol. The van der Waals surface area contributed by atoms with Crippen molar-refractivity contribution >= 4 is 69.8 Å². The van der Waals surface area contributed by atoms with Crippen LogP contribution in [-0.4, -0.2) is 93.8 Å². The predicted molar refractivity (Wildman–Crippen MR) is 185 cm³/mol. The van der Waals surface area contributed by atoms with E-state index in [4.69, 9.17) is 10.3 Å². The molecule has 28 heteroatoms. The number of nitrogens with two attached hydrogens (primary N) is 1. The number of carbonyl (C=O) groups is 1. The minimum atomic E-state index is -5.05. The number of aromatic nitrogens is 3. The van der Waals surface area contributed by atoms with Crippen molar-refractivity contribution in [2.75, 3.05) is 35.7 Å². The van der Waals surface area contributed by atoms with Crippen LogP contribution in [0.1, 0.15) is 6.92 Å². The largest absolute Gasteiger partial charge is 1.00 e. The molecule has 0 aliphatic heterocycles. The maximum atomic E-state index is 14.6. The summed E-state index contributed by atoms with van der Waals surface area (Å²) in [5.41, 5.74) is 4.99. The molecular weight excluding hydrogens is 845 g/mol. The second kappa shape index (κ2) is 20.5. The number of rotatable bonds is 18. The van der Waals surface area contributed by atoms with Gasteiger partial charge in [0.1, 0.15) is 10.6 Å². The Kier molecular flexibility index (Phi) is 17.7. The van der Waals surface area contributed by atoms with Crippen LogP contribution in [0.25, 0.3) is 0 Å². The van der Waals surface area contributed by atoms with Crippen LogP contribution in [0.15, 0.2) is 97.4 Å². The number of allylic oxidation sites excluding steroid dienone is 3. The van der Waals surface area contributed by atoms with Gasteiger partial charge < -0.3 is 26.1 Å². The number of nitrogens with zero attached hydrogens (tertiary/aromatic N) is 6. The van der Waals surface area contributed by atoms with E-state index in [1.165, 1.54) is 35.3 Å². The Morgan fingerprint density at radius 3 is 2.22 bits per heavy atom. The Morgan fingerprint density at radius 2 is 1.64 bits per heavy atom. The molecule has 3 aromatic rings. The number of halogens is 1. The summed E-state index contributed by atoms with van der Waals surface area (Å²) < 4.78 is 139. The van der Waals surface area contributed by atoms with E-state index in [0.29, 0.717) is 11.8 Å².